The van der Waals surface area contributed by atoms with Gasteiger partial charge in [0.15, 0.2) is 5.79 Å². The van der Waals surface area contributed by atoms with E-state index < -0.39 is 23.9 Å². The molecule has 0 radical (unpaired) electrons. The van der Waals surface area contributed by atoms with Crippen LogP contribution in [-0.2, 0) is 30.3 Å². The average Bonchev–Trinajstić information content (AvgIpc) is 3.09. The van der Waals surface area contributed by atoms with E-state index in [1.807, 2.05) is 45.0 Å². The summed E-state index contributed by atoms with van der Waals surface area (Å²) in [5.74, 6) is -0.820. The van der Waals surface area contributed by atoms with E-state index >= 15 is 0 Å². The van der Waals surface area contributed by atoms with Gasteiger partial charge in [0, 0.05) is 5.92 Å². The number of methoxy groups -OCH3 is 1. The lowest BCUT2D eigenvalue weighted by Crippen LogP contribution is -2.41. The first kappa shape index (κ1) is 26.3. The van der Waals surface area contributed by atoms with Gasteiger partial charge in [0.25, 0.3) is 0 Å². The fraction of sp³-hybridized carbons (Fsp3) is 0.640. The third-order valence-electron chi connectivity index (χ3n) is 5.48. The molecule has 0 spiro atoms. The molecule has 0 aliphatic carbocycles. The zero-order valence-electron chi connectivity index (χ0n) is 20.3. The Kier molecular flexibility index (Phi) is 9.70. The molecule has 1 aromatic rings. The second-order valence-corrected chi connectivity index (χ2v) is 8.80. The highest BCUT2D eigenvalue weighted by atomic mass is 16.8. The molecular formula is C25H38O7. The second-order valence-electron chi connectivity index (χ2n) is 8.80. The van der Waals surface area contributed by atoms with Crippen molar-refractivity contribution in [1.29, 1.82) is 0 Å². The number of aliphatic hydroxyl groups is 1. The predicted molar refractivity (Wildman–Crippen MR) is 121 cm³/mol. The second kappa shape index (κ2) is 11.8. The maximum Gasteiger partial charge on any atom is 0.312 e. The van der Waals surface area contributed by atoms with Crippen LogP contribution in [0.25, 0.3) is 0 Å². The minimum Gasteiger partial charge on any atom is -0.497 e. The Hall–Kier alpha value is -1.93. The van der Waals surface area contributed by atoms with Crippen LogP contribution in [0.4, 0.5) is 0 Å². The van der Waals surface area contributed by atoms with Crippen LogP contribution in [0, 0.1) is 11.8 Å². The number of benzene rings is 1. The topological polar surface area (TPSA) is 83.5 Å². The van der Waals surface area contributed by atoms with E-state index in [9.17, 15) is 9.90 Å². The van der Waals surface area contributed by atoms with Gasteiger partial charge in [-0.25, -0.2) is 0 Å². The first-order valence-corrected chi connectivity index (χ1v) is 11.2. The van der Waals surface area contributed by atoms with Gasteiger partial charge in [0.05, 0.1) is 39.0 Å². The zero-order chi connectivity index (χ0) is 23.9. The zero-order valence-corrected chi connectivity index (χ0v) is 20.3. The van der Waals surface area contributed by atoms with Gasteiger partial charge in [-0.3, -0.25) is 4.79 Å². The summed E-state index contributed by atoms with van der Waals surface area (Å²) >= 11 is 0. The van der Waals surface area contributed by atoms with Crippen molar-refractivity contribution in [2.45, 2.75) is 72.2 Å². The maximum atomic E-state index is 11.9. The number of aliphatic hydroxyl groups excluding tert-OH is 1. The Morgan fingerprint density at radius 1 is 1.19 bits per heavy atom. The number of rotatable bonds is 11. The van der Waals surface area contributed by atoms with E-state index in [1.165, 1.54) is 0 Å². The fourth-order valence-corrected chi connectivity index (χ4v) is 3.77. The van der Waals surface area contributed by atoms with Crippen LogP contribution >= 0.6 is 0 Å². The van der Waals surface area contributed by atoms with Gasteiger partial charge in [0.1, 0.15) is 18.0 Å². The molecule has 32 heavy (non-hydrogen) atoms. The SMILES string of the molecule is CCOC(=O)[C@H](C)/C=C(\C)[C@@H](O)[C@H]1OC(C)(C)O[C@@H]1[C@H](C)COCc1ccc(OC)cc1. The van der Waals surface area contributed by atoms with Crippen LogP contribution in [0.15, 0.2) is 35.9 Å². The molecule has 0 aromatic heterocycles. The minimum atomic E-state index is -0.914. The molecule has 1 fully saturated rings. The maximum absolute atomic E-state index is 11.9. The van der Waals surface area contributed by atoms with Crippen LogP contribution in [0.5, 0.6) is 5.75 Å². The molecule has 1 saturated heterocycles. The van der Waals surface area contributed by atoms with Crippen molar-refractivity contribution in [1.82, 2.24) is 0 Å². The average molecular weight is 451 g/mol. The van der Waals surface area contributed by atoms with Crippen LogP contribution in [0.2, 0.25) is 0 Å². The molecule has 0 unspecified atom stereocenters. The smallest absolute Gasteiger partial charge is 0.312 e. The molecule has 1 heterocycles. The van der Waals surface area contributed by atoms with Crippen molar-refractivity contribution in [2.75, 3.05) is 20.3 Å². The van der Waals surface area contributed by atoms with Crippen molar-refractivity contribution < 1.29 is 33.6 Å². The van der Waals surface area contributed by atoms with E-state index in [2.05, 4.69) is 0 Å². The lowest BCUT2D eigenvalue weighted by molar-refractivity contribution is -0.157. The van der Waals surface area contributed by atoms with Gasteiger partial charge in [-0.05, 0) is 57.9 Å². The van der Waals surface area contributed by atoms with Gasteiger partial charge < -0.3 is 28.8 Å². The van der Waals surface area contributed by atoms with E-state index in [0.717, 1.165) is 11.3 Å². The molecule has 0 bridgehead atoms. The molecular weight excluding hydrogens is 412 g/mol. The molecule has 0 saturated carbocycles. The van der Waals surface area contributed by atoms with Crippen LogP contribution in [-0.4, -0.2) is 55.5 Å². The Morgan fingerprint density at radius 3 is 2.41 bits per heavy atom. The summed E-state index contributed by atoms with van der Waals surface area (Å²) in [7, 11) is 1.64. The monoisotopic (exact) mass is 450 g/mol. The Labute approximate surface area is 191 Å². The van der Waals surface area contributed by atoms with Crippen LogP contribution in [0.1, 0.15) is 47.1 Å². The number of carbonyl (C=O) groups is 1. The third-order valence-corrected chi connectivity index (χ3v) is 5.48. The van der Waals surface area contributed by atoms with E-state index in [4.69, 9.17) is 23.7 Å². The summed E-state index contributed by atoms with van der Waals surface area (Å²) in [6.07, 6.45) is -0.130. The van der Waals surface area contributed by atoms with Crippen molar-refractivity contribution in [3.05, 3.63) is 41.5 Å². The van der Waals surface area contributed by atoms with Crippen molar-refractivity contribution in [3.8, 4) is 5.75 Å². The molecule has 1 aliphatic heterocycles. The number of hydrogen-bond donors (Lipinski definition) is 1. The van der Waals surface area contributed by atoms with Crippen LogP contribution in [0.3, 0.4) is 0 Å². The molecule has 5 atom stereocenters. The van der Waals surface area contributed by atoms with Gasteiger partial charge in [0.2, 0.25) is 0 Å². The number of esters is 1. The van der Waals surface area contributed by atoms with Gasteiger partial charge in [-0.1, -0.05) is 25.1 Å². The molecule has 0 amide bonds. The highest BCUT2D eigenvalue weighted by Crippen LogP contribution is 2.35. The van der Waals surface area contributed by atoms with Crippen molar-refractivity contribution in [2.24, 2.45) is 11.8 Å². The van der Waals surface area contributed by atoms with Crippen LogP contribution < -0.4 is 4.74 Å². The molecule has 1 aliphatic rings. The minimum absolute atomic E-state index is 0.0232. The summed E-state index contributed by atoms with van der Waals surface area (Å²) in [5, 5.41) is 11.0. The predicted octanol–water partition coefficient (Wildman–Crippen LogP) is 3.87. The molecule has 7 nitrogen and oxygen atoms in total. The Morgan fingerprint density at radius 2 is 1.81 bits per heavy atom. The highest BCUT2D eigenvalue weighted by molar-refractivity contribution is 5.74. The van der Waals surface area contributed by atoms with E-state index in [1.54, 1.807) is 34.0 Å². The first-order valence-electron chi connectivity index (χ1n) is 11.2. The number of carbonyl (C=O) groups excluding carboxylic acids is 1. The number of hydrogen-bond acceptors (Lipinski definition) is 7. The quantitative estimate of drug-likeness (QED) is 0.405. The molecule has 2 rings (SSSR count). The third kappa shape index (κ3) is 7.30. The Bertz CT molecular complexity index is 756. The first-order chi connectivity index (χ1) is 15.1. The molecule has 180 valence electrons. The fourth-order valence-electron chi connectivity index (χ4n) is 3.77. The van der Waals surface area contributed by atoms with Gasteiger partial charge in [-0.2, -0.15) is 0 Å². The molecule has 7 heteroatoms. The van der Waals surface area contributed by atoms with E-state index in [0.29, 0.717) is 25.4 Å². The standard InChI is InChI=1S/C25H38O7/c1-8-30-24(27)17(3)13-16(2)21(26)23-22(31-25(5,6)32-23)18(4)14-29-15-19-9-11-20(28-7)12-10-19/h9-13,17-18,21-23,26H,8,14-15H2,1-7H3/b16-13+/t17-,18-,21-,22-,23-/m1/s1. The molecule has 1 aromatic carbocycles. The van der Waals surface area contributed by atoms with Crippen molar-refractivity contribution in [3.63, 3.8) is 0 Å². The summed E-state index contributed by atoms with van der Waals surface area (Å²) in [4.78, 5) is 11.9. The summed E-state index contributed by atoms with van der Waals surface area (Å²) in [5.41, 5.74) is 1.69. The van der Waals surface area contributed by atoms with Crippen molar-refractivity contribution >= 4 is 5.97 Å². The van der Waals surface area contributed by atoms with E-state index in [-0.39, 0.29) is 18.0 Å². The van der Waals surface area contributed by atoms with Gasteiger partial charge >= 0.3 is 5.97 Å². The summed E-state index contributed by atoms with van der Waals surface area (Å²) in [6, 6.07) is 7.73. The summed E-state index contributed by atoms with van der Waals surface area (Å²) in [6.45, 7) is 12.2. The Balaban J connectivity index is 2.00. The highest BCUT2D eigenvalue weighted by Gasteiger charge is 2.47. The lowest BCUT2D eigenvalue weighted by atomic mass is 9.92. The lowest BCUT2D eigenvalue weighted by Gasteiger charge is -2.27. The van der Waals surface area contributed by atoms with Gasteiger partial charge in [-0.15, -0.1) is 0 Å². The number of ether oxygens (including phenoxy) is 5. The largest absolute Gasteiger partial charge is 0.497 e. The molecule has 1 N–H and O–H groups in total. The normalized spacial score (nSPS) is 23.4. The summed E-state index contributed by atoms with van der Waals surface area (Å²) < 4.78 is 28.3.